The molecule has 1 atom stereocenters. The number of hydrogen-bond donors (Lipinski definition) is 1. The van der Waals surface area contributed by atoms with Gasteiger partial charge >= 0.3 is 0 Å². The molecule has 0 saturated heterocycles. The first-order valence-electron chi connectivity index (χ1n) is 13.9. The Hall–Kier alpha value is -3.56. The van der Waals surface area contributed by atoms with Crippen LogP contribution in [0.15, 0.2) is 102 Å². The molecular weight excluding hydrogens is 641 g/mol. The third-order valence-electron chi connectivity index (χ3n) is 7.01. The van der Waals surface area contributed by atoms with E-state index >= 15 is 0 Å². The molecule has 0 aliphatic rings. The fourth-order valence-electron chi connectivity index (χ4n) is 4.67. The maximum atomic E-state index is 14.4. The Balaban J connectivity index is 1.82. The lowest BCUT2D eigenvalue weighted by Crippen LogP contribution is -2.53. The van der Waals surface area contributed by atoms with Gasteiger partial charge in [0.05, 0.1) is 10.6 Å². The largest absolute Gasteiger partial charge is 0.355 e. The van der Waals surface area contributed by atoms with Gasteiger partial charge in [0.25, 0.3) is 10.0 Å². The number of hydrogen-bond acceptors (Lipinski definition) is 4. The molecule has 4 rings (SSSR count). The van der Waals surface area contributed by atoms with Crippen molar-refractivity contribution in [2.45, 2.75) is 37.8 Å². The van der Waals surface area contributed by atoms with Crippen molar-refractivity contribution in [2.75, 3.05) is 17.4 Å². The van der Waals surface area contributed by atoms with Crippen molar-refractivity contribution in [3.8, 4) is 0 Å². The van der Waals surface area contributed by atoms with Crippen LogP contribution in [0.5, 0.6) is 0 Å². The lowest BCUT2D eigenvalue weighted by Gasteiger charge is -2.34. The predicted octanol–water partition coefficient (Wildman–Crippen LogP) is 6.93. The van der Waals surface area contributed by atoms with E-state index in [2.05, 4.69) is 5.32 Å². The normalized spacial score (nSPS) is 11.9. The van der Waals surface area contributed by atoms with Crippen LogP contribution in [0.3, 0.4) is 0 Å². The van der Waals surface area contributed by atoms with Gasteiger partial charge in [-0.2, -0.15) is 0 Å². The molecule has 0 spiro atoms. The zero-order chi connectivity index (χ0) is 31.9. The zero-order valence-corrected chi connectivity index (χ0v) is 27.3. The van der Waals surface area contributed by atoms with Crippen LogP contribution in [0.2, 0.25) is 15.1 Å². The van der Waals surface area contributed by atoms with Gasteiger partial charge in [0, 0.05) is 40.1 Å². The number of nitrogens with one attached hydrogen (secondary N) is 1. The Morgan fingerprint density at radius 2 is 1.43 bits per heavy atom. The number of benzene rings is 4. The van der Waals surface area contributed by atoms with E-state index in [1.807, 2.05) is 37.3 Å². The number of amides is 2. The van der Waals surface area contributed by atoms with Crippen molar-refractivity contribution in [1.82, 2.24) is 10.2 Å². The van der Waals surface area contributed by atoms with E-state index in [0.29, 0.717) is 27.2 Å². The van der Waals surface area contributed by atoms with Crippen LogP contribution in [-0.2, 0) is 32.6 Å². The molecule has 230 valence electrons. The zero-order valence-electron chi connectivity index (χ0n) is 24.2. The Kier molecular flexibility index (Phi) is 11.3. The van der Waals surface area contributed by atoms with Crippen LogP contribution in [0.25, 0.3) is 0 Å². The fraction of sp³-hybridized carbons (Fsp3) is 0.212. The number of likely N-dealkylation sites (N-methyl/N-ethyl adjacent to an activating group) is 1. The van der Waals surface area contributed by atoms with E-state index in [9.17, 15) is 18.0 Å². The van der Waals surface area contributed by atoms with Gasteiger partial charge in [0.2, 0.25) is 11.8 Å². The van der Waals surface area contributed by atoms with Crippen molar-refractivity contribution in [3.63, 3.8) is 0 Å². The minimum atomic E-state index is -4.24. The van der Waals surface area contributed by atoms with Gasteiger partial charge in [-0.1, -0.05) is 88.9 Å². The first kappa shape index (κ1) is 33.3. The Morgan fingerprint density at radius 1 is 0.818 bits per heavy atom. The summed E-state index contributed by atoms with van der Waals surface area (Å²) in [4.78, 5) is 29.3. The van der Waals surface area contributed by atoms with Gasteiger partial charge in [-0.3, -0.25) is 13.9 Å². The van der Waals surface area contributed by atoms with Crippen molar-refractivity contribution in [2.24, 2.45) is 0 Å². The number of aryl methyl sites for hydroxylation is 1. The molecule has 0 aliphatic carbocycles. The summed E-state index contributed by atoms with van der Waals surface area (Å²) >= 11 is 19.1. The van der Waals surface area contributed by atoms with Gasteiger partial charge in [-0.05, 0) is 67.9 Å². The fourth-order valence-corrected chi connectivity index (χ4v) is 6.73. The summed E-state index contributed by atoms with van der Waals surface area (Å²) in [7, 11) is -4.24. The van der Waals surface area contributed by atoms with Crippen molar-refractivity contribution in [1.29, 1.82) is 0 Å². The quantitative estimate of drug-likeness (QED) is 0.177. The average Bonchev–Trinajstić information content (AvgIpc) is 3.00. The van der Waals surface area contributed by atoms with Crippen LogP contribution in [0.4, 0.5) is 5.69 Å². The summed E-state index contributed by atoms with van der Waals surface area (Å²) in [6.07, 6.45) is 0.176. The lowest BCUT2D eigenvalue weighted by molar-refractivity contribution is -0.140. The van der Waals surface area contributed by atoms with Gasteiger partial charge in [0.15, 0.2) is 0 Å². The van der Waals surface area contributed by atoms with Gasteiger partial charge in [0.1, 0.15) is 12.6 Å². The highest BCUT2D eigenvalue weighted by Gasteiger charge is 2.35. The summed E-state index contributed by atoms with van der Waals surface area (Å²) in [6.45, 7) is 3.27. The molecule has 11 heteroatoms. The SMILES string of the molecule is CCNC(=O)[C@H](Cc1ccccc1)N(Cc1c(Cl)cccc1Cl)C(=O)CN(c1ccc(C)cc1)S(=O)(=O)c1ccc(Cl)cc1. The first-order chi connectivity index (χ1) is 21.0. The molecule has 0 saturated carbocycles. The minimum Gasteiger partial charge on any atom is -0.355 e. The highest BCUT2D eigenvalue weighted by molar-refractivity contribution is 7.92. The Bertz CT molecular complexity index is 1680. The van der Waals surface area contributed by atoms with Gasteiger partial charge in [-0.25, -0.2) is 8.42 Å². The summed E-state index contributed by atoms with van der Waals surface area (Å²) in [5.41, 5.74) is 2.45. The molecule has 1 N–H and O–H groups in total. The molecule has 2 amide bonds. The number of sulfonamides is 1. The molecule has 0 aliphatic heterocycles. The molecule has 4 aromatic rings. The van der Waals surface area contributed by atoms with Crippen LogP contribution in [-0.4, -0.2) is 44.3 Å². The number of carbonyl (C=O) groups excluding carboxylic acids is 2. The second kappa shape index (κ2) is 14.9. The van der Waals surface area contributed by atoms with Crippen molar-refractivity contribution in [3.05, 3.63) is 129 Å². The van der Waals surface area contributed by atoms with Gasteiger partial charge in [-0.15, -0.1) is 0 Å². The summed E-state index contributed by atoms with van der Waals surface area (Å²) in [5, 5.41) is 3.82. The topological polar surface area (TPSA) is 86.8 Å². The lowest BCUT2D eigenvalue weighted by atomic mass is 10.0. The molecule has 7 nitrogen and oxygen atoms in total. The van der Waals surface area contributed by atoms with Crippen LogP contribution < -0.4 is 9.62 Å². The Labute approximate surface area is 273 Å². The number of carbonyl (C=O) groups is 2. The number of anilines is 1. The van der Waals surface area contributed by atoms with E-state index in [-0.39, 0.29) is 23.5 Å². The number of halogens is 3. The third kappa shape index (κ3) is 8.12. The second-order valence-corrected chi connectivity index (χ2v) is 13.2. The predicted molar refractivity (Wildman–Crippen MR) is 177 cm³/mol. The van der Waals surface area contributed by atoms with E-state index in [1.165, 1.54) is 29.2 Å². The molecule has 44 heavy (non-hydrogen) atoms. The highest BCUT2D eigenvalue weighted by atomic mass is 35.5. The maximum Gasteiger partial charge on any atom is 0.264 e. The van der Waals surface area contributed by atoms with Crippen molar-refractivity contribution < 1.29 is 18.0 Å². The van der Waals surface area contributed by atoms with Crippen molar-refractivity contribution >= 4 is 62.3 Å². The molecule has 4 aromatic carbocycles. The molecule has 0 radical (unpaired) electrons. The standard InChI is InChI=1S/C33H32Cl3N3O4S/c1-3-37-33(41)31(20-24-8-5-4-6-9-24)38(21-28-29(35)10-7-11-30(28)36)32(40)22-39(26-16-12-23(2)13-17-26)44(42,43)27-18-14-25(34)15-19-27/h4-19,31H,3,20-22H2,1-2H3,(H,37,41)/t31-/m0/s1. The number of nitrogens with zero attached hydrogens (tertiary/aromatic N) is 2. The van der Waals surface area contributed by atoms with E-state index in [4.69, 9.17) is 34.8 Å². The van der Waals surface area contributed by atoms with Crippen LogP contribution in [0, 0.1) is 6.92 Å². The van der Waals surface area contributed by atoms with E-state index in [0.717, 1.165) is 15.4 Å². The number of rotatable bonds is 12. The first-order valence-corrected chi connectivity index (χ1v) is 16.5. The molecule has 0 bridgehead atoms. The molecule has 0 heterocycles. The second-order valence-electron chi connectivity index (χ2n) is 10.1. The maximum absolute atomic E-state index is 14.4. The minimum absolute atomic E-state index is 0.0412. The van der Waals surface area contributed by atoms with Crippen LogP contribution in [0.1, 0.15) is 23.6 Å². The average molecular weight is 673 g/mol. The summed E-state index contributed by atoms with van der Waals surface area (Å²) in [5.74, 6) is -1.01. The smallest absolute Gasteiger partial charge is 0.264 e. The monoisotopic (exact) mass is 671 g/mol. The molecule has 0 aromatic heterocycles. The summed E-state index contributed by atoms with van der Waals surface area (Å²) in [6, 6.07) is 25.8. The van der Waals surface area contributed by atoms with E-state index < -0.39 is 34.4 Å². The van der Waals surface area contributed by atoms with E-state index in [1.54, 1.807) is 49.4 Å². The van der Waals surface area contributed by atoms with Gasteiger partial charge < -0.3 is 10.2 Å². The van der Waals surface area contributed by atoms with Crippen LogP contribution >= 0.6 is 34.8 Å². The molecule has 0 unspecified atom stereocenters. The Morgan fingerprint density at radius 3 is 2.02 bits per heavy atom. The molecule has 0 fully saturated rings. The third-order valence-corrected chi connectivity index (χ3v) is 9.76. The highest BCUT2D eigenvalue weighted by Crippen LogP contribution is 2.29. The molecular formula is C33H32Cl3N3O4S. The summed E-state index contributed by atoms with van der Waals surface area (Å²) < 4.78 is 29.1.